The number of rotatable bonds is 7. The second kappa shape index (κ2) is 7.70. The van der Waals surface area contributed by atoms with Crippen LogP contribution in [0.5, 0.6) is 0 Å². The highest BCUT2D eigenvalue weighted by atomic mass is 32.2. The summed E-state index contributed by atoms with van der Waals surface area (Å²) in [6.45, 7) is 0.0906. The van der Waals surface area contributed by atoms with Gasteiger partial charge in [0, 0.05) is 26.6 Å². The summed E-state index contributed by atoms with van der Waals surface area (Å²) >= 11 is 0. The van der Waals surface area contributed by atoms with E-state index in [1.807, 2.05) is 6.07 Å². The summed E-state index contributed by atoms with van der Waals surface area (Å²) in [6, 6.07) is 6.83. The fourth-order valence-corrected chi connectivity index (χ4v) is 3.26. The van der Waals surface area contributed by atoms with Crippen LogP contribution >= 0.6 is 0 Å². The van der Waals surface area contributed by atoms with Gasteiger partial charge in [-0.2, -0.15) is 14.8 Å². The minimum Gasteiger partial charge on any atom is -0.383 e. The van der Waals surface area contributed by atoms with Crippen LogP contribution in [0.4, 0.5) is 4.39 Å². The van der Waals surface area contributed by atoms with E-state index in [9.17, 15) is 12.8 Å². The molecule has 0 heterocycles. The van der Waals surface area contributed by atoms with E-state index >= 15 is 0 Å². The van der Waals surface area contributed by atoms with E-state index in [4.69, 9.17) is 15.3 Å². The molecule has 0 unspecified atom stereocenters. The van der Waals surface area contributed by atoms with Crippen molar-refractivity contribution in [3.05, 3.63) is 29.6 Å². The SMILES string of the molecule is COCCN(CCC#N)S(=O)(=O)c1cccc(F)c1C#N. The van der Waals surface area contributed by atoms with E-state index in [1.165, 1.54) is 19.2 Å². The molecule has 0 aliphatic carbocycles. The van der Waals surface area contributed by atoms with Crippen molar-refractivity contribution >= 4 is 10.0 Å². The topological polar surface area (TPSA) is 94.2 Å². The average molecular weight is 311 g/mol. The number of methoxy groups -OCH3 is 1. The Bertz CT molecular complexity index is 677. The number of sulfonamides is 1. The van der Waals surface area contributed by atoms with Crippen molar-refractivity contribution < 1.29 is 17.5 Å². The number of hydrogen-bond acceptors (Lipinski definition) is 5. The first-order valence-corrected chi connectivity index (χ1v) is 7.47. The zero-order valence-electron chi connectivity index (χ0n) is 11.4. The molecule has 0 aromatic heterocycles. The lowest BCUT2D eigenvalue weighted by Crippen LogP contribution is -2.35. The number of nitrogens with zero attached hydrogens (tertiary/aromatic N) is 3. The summed E-state index contributed by atoms with van der Waals surface area (Å²) in [6.07, 6.45) is -0.0137. The highest BCUT2D eigenvalue weighted by molar-refractivity contribution is 7.89. The normalized spacial score (nSPS) is 11.1. The molecular weight excluding hydrogens is 297 g/mol. The van der Waals surface area contributed by atoms with Gasteiger partial charge in [0.1, 0.15) is 22.3 Å². The van der Waals surface area contributed by atoms with Crippen LogP contribution in [-0.4, -0.2) is 39.5 Å². The van der Waals surface area contributed by atoms with E-state index < -0.39 is 26.3 Å². The van der Waals surface area contributed by atoms with Crippen LogP contribution in [0.1, 0.15) is 12.0 Å². The lowest BCUT2D eigenvalue weighted by molar-refractivity contribution is 0.179. The molecule has 8 heteroatoms. The number of halogens is 1. The van der Waals surface area contributed by atoms with E-state index in [1.54, 1.807) is 6.07 Å². The van der Waals surface area contributed by atoms with Gasteiger partial charge in [0.15, 0.2) is 0 Å². The molecule has 0 saturated carbocycles. The molecule has 0 spiro atoms. The molecule has 6 nitrogen and oxygen atoms in total. The lowest BCUT2D eigenvalue weighted by Gasteiger charge is -2.21. The van der Waals surface area contributed by atoms with Crippen LogP contribution in [0.25, 0.3) is 0 Å². The highest BCUT2D eigenvalue weighted by Gasteiger charge is 2.28. The van der Waals surface area contributed by atoms with Crippen LogP contribution in [0.15, 0.2) is 23.1 Å². The molecule has 0 aliphatic heterocycles. The summed E-state index contributed by atoms with van der Waals surface area (Å²) in [7, 11) is -2.66. The molecule has 0 atom stereocenters. The first-order chi connectivity index (χ1) is 9.98. The van der Waals surface area contributed by atoms with Gasteiger partial charge in [0.2, 0.25) is 10.0 Å². The Morgan fingerprint density at radius 3 is 2.62 bits per heavy atom. The molecule has 112 valence electrons. The summed E-state index contributed by atoms with van der Waals surface area (Å²) < 4.78 is 44.4. The fraction of sp³-hybridized carbons (Fsp3) is 0.385. The third-order valence-corrected chi connectivity index (χ3v) is 4.66. The van der Waals surface area contributed by atoms with Gasteiger partial charge in [-0.15, -0.1) is 0 Å². The van der Waals surface area contributed by atoms with Crippen molar-refractivity contribution in [3.8, 4) is 12.1 Å². The van der Waals surface area contributed by atoms with Crippen LogP contribution in [0.3, 0.4) is 0 Å². The first-order valence-electron chi connectivity index (χ1n) is 6.03. The summed E-state index contributed by atoms with van der Waals surface area (Å²) in [5, 5.41) is 17.6. The van der Waals surface area contributed by atoms with Crippen molar-refractivity contribution in [2.45, 2.75) is 11.3 Å². The number of benzene rings is 1. The standard InChI is InChI=1S/C13H14FN3O3S/c1-20-9-8-17(7-3-6-15)21(18,19)13-5-2-4-12(14)11(13)10-16/h2,4-5H,3,7-9H2,1H3. The van der Waals surface area contributed by atoms with Crippen molar-refractivity contribution in [1.29, 1.82) is 10.5 Å². The Morgan fingerprint density at radius 2 is 2.05 bits per heavy atom. The largest absolute Gasteiger partial charge is 0.383 e. The number of ether oxygens (including phenoxy) is 1. The second-order valence-electron chi connectivity index (χ2n) is 4.03. The Balaban J connectivity index is 3.26. The van der Waals surface area contributed by atoms with Crippen LogP contribution in [-0.2, 0) is 14.8 Å². The van der Waals surface area contributed by atoms with E-state index in [0.717, 1.165) is 10.4 Å². The molecule has 21 heavy (non-hydrogen) atoms. The molecule has 0 aliphatic rings. The number of hydrogen-bond donors (Lipinski definition) is 0. The van der Waals surface area contributed by atoms with Gasteiger partial charge in [-0.25, -0.2) is 12.8 Å². The first kappa shape index (κ1) is 17.1. The summed E-state index contributed by atoms with van der Waals surface area (Å²) in [4.78, 5) is -0.404. The van der Waals surface area contributed by atoms with E-state index in [2.05, 4.69) is 0 Å². The molecule has 0 bridgehead atoms. The molecular formula is C13H14FN3O3S. The van der Waals surface area contributed by atoms with Gasteiger partial charge < -0.3 is 4.74 Å². The molecule has 0 fully saturated rings. The third-order valence-electron chi connectivity index (χ3n) is 2.72. The monoisotopic (exact) mass is 311 g/mol. The number of nitriles is 2. The smallest absolute Gasteiger partial charge is 0.244 e. The molecule has 0 N–H and O–H groups in total. The predicted octanol–water partition coefficient (Wildman–Crippen LogP) is 1.25. The van der Waals surface area contributed by atoms with Crippen molar-refractivity contribution in [1.82, 2.24) is 4.31 Å². The second-order valence-corrected chi connectivity index (χ2v) is 5.94. The van der Waals surface area contributed by atoms with Crippen molar-refractivity contribution in [2.75, 3.05) is 26.8 Å². The Labute approximate surface area is 123 Å². The summed E-state index contributed by atoms with van der Waals surface area (Å²) in [5.74, 6) is -0.898. The fourth-order valence-electron chi connectivity index (χ4n) is 1.69. The maximum absolute atomic E-state index is 13.6. The van der Waals surface area contributed by atoms with Crippen molar-refractivity contribution in [2.24, 2.45) is 0 Å². The van der Waals surface area contributed by atoms with Gasteiger partial charge >= 0.3 is 0 Å². The van der Waals surface area contributed by atoms with Crippen LogP contribution in [0, 0.1) is 28.5 Å². The Morgan fingerprint density at radius 1 is 1.33 bits per heavy atom. The quantitative estimate of drug-likeness (QED) is 0.755. The van der Waals surface area contributed by atoms with Gasteiger partial charge in [0.05, 0.1) is 12.7 Å². The summed E-state index contributed by atoms with van der Waals surface area (Å²) in [5.41, 5.74) is -0.531. The zero-order valence-corrected chi connectivity index (χ0v) is 12.2. The van der Waals surface area contributed by atoms with Gasteiger partial charge in [-0.05, 0) is 12.1 Å². The Hall–Kier alpha value is -2.00. The van der Waals surface area contributed by atoms with Gasteiger partial charge in [-0.1, -0.05) is 6.07 Å². The van der Waals surface area contributed by atoms with Gasteiger partial charge in [-0.3, -0.25) is 0 Å². The van der Waals surface area contributed by atoms with E-state index in [-0.39, 0.29) is 26.1 Å². The lowest BCUT2D eigenvalue weighted by atomic mass is 10.2. The highest BCUT2D eigenvalue weighted by Crippen LogP contribution is 2.22. The molecule has 0 saturated heterocycles. The average Bonchev–Trinajstić information content (AvgIpc) is 2.46. The zero-order chi connectivity index (χ0) is 15.9. The van der Waals surface area contributed by atoms with E-state index in [0.29, 0.717) is 0 Å². The van der Waals surface area contributed by atoms with Crippen molar-refractivity contribution in [3.63, 3.8) is 0 Å². The van der Waals surface area contributed by atoms with Gasteiger partial charge in [0.25, 0.3) is 0 Å². The molecule has 1 aromatic carbocycles. The maximum Gasteiger partial charge on any atom is 0.244 e. The minimum absolute atomic E-state index is 0.0137. The van der Waals surface area contributed by atoms with Crippen LogP contribution < -0.4 is 0 Å². The molecule has 0 amide bonds. The maximum atomic E-state index is 13.6. The minimum atomic E-state index is -4.07. The Kier molecular flexibility index (Phi) is 6.25. The third kappa shape index (κ3) is 3.99. The predicted molar refractivity (Wildman–Crippen MR) is 72.0 cm³/mol. The molecule has 1 aromatic rings. The molecule has 0 radical (unpaired) electrons. The molecule has 1 rings (SSSR count). The van der Waals surface area contributed by atoms with Crippen LogP contribution in [0.2, 0.25) is 0 Å².